The molecule has 0 spiro atoms. The second-order valence-electron chi connectivity index (χ2n) is 2.81. The van der Waals surface area contributed by atoms with Crippen molar-refractivity contribution in [2.75, 3.05) is 13.3 Å². The first-order valence-electron chi connectivity index (χ1n) is 3.94. The van der Waals surface area contributed by atoms with Gasteiger partial charge in [-0.25, -0.2) is 0 Å². The Labute approximate surface area is 76.5 Å². The van der Waals surface area contributed by atoms with Crippen LogP contribution in [0.3, 0.4) is 0 Å². The van der Waals surface area contributed by atoms with Gasteiger partial charge in [0.05, 0.1) is 12.8 Å². The second kappa shape index (κ2) is 3.44. The highest BCUT2D eigenvalue weighted by Gasteiger charge is 2.16. The third kappa shape index (κ3) is 1.61. The number of hydrogen-bond acceptors (Lipinski definition) is 2. The summed E-state index contributed by atoms with van der Waals surface area (Å²) >= 11 is 5.85. The quantitative estimate of drug-likeness (QED) is 0.719. The highest BCUT2D eigenvalue weighted by Crippen LogP contribution is 2.22. The highest BCUT2D eigenvalue weighted by atomic mass is 35.5. The van der Waals surface area contributed by atoms with Gasteiger partial charge in [-0.2, -0.15) is 0 Å². The SMILES string of the molecule is Clc1cccc(C2CNCO2)c1. The van der Waals surface area contributed by atoms with E-state index in [-0.39, 0.29) is 6.10 Å². The van der Waals surface area contributed by atoms with Crippen molar-refractivity contribution in [3.05, 3.63) is 34.9 Å². The maximum absolute atomic E-state index is 5.85. The van der Waals surface area contributed by atoms with Gasteiger partial charge >= 0.3 is 0 Å². The molecule has 1 aromatic carbocycles. The fourth-order valence-electron chi connectivity index (χ4n) is 1.33. The Morgan fingerprint density at radius 2 is 2.42 bits per heavy atom. The van der Waals surface area contributed by atoms with E-state index in [2.05, 4.69) is 5.32 Å². The molecule has 2 nitrogen and oxygen atoms in total. The lowest BCUT2D eigenvalue weighted by atomic mass is 10.1. The molecule has 0 aromatic heterocycles. The predicted octanol–water partition coefficient (Wildman–Crippen LogP) is 1.96. The summed E-state index contributed by atoms with van der Waals surface area (Å²) < 4.78 is 5.42. The molecule has 3 heteroatoms. The zero-order valence-electron chi connectivity index (χ0n) is 6.59. The van der Waals surface area contributed by atoms with Crippen LogP contribution in [0.25, 0.3) is 0 Å². The van der Waals surface area contributed by atoms with Crippen LogP contribution >= 0.6 is 11.6 Å². The van der Waals surface area contributed by atoms with Gasteiger partial charge in [-0.1, -0.05) is 23.7 Å². The lowest BCUT2D eigenvalue weighted by molar-refractivity contribution is 0.114. The lowest BCUT2D eigenvalue weighted by Crippen LogP contribution is -2.07. The fourth-order valence-corrected chi connectivity index (χ4v) is 1.53. The first-order valence-corrected chi connectivity index (χ1v) is 4.32. The van der Waals surface area contributed by atoms with Crippen LogP contribution in [0.1, 0.15) is 11.7 Å². The molecule has 1 atom stereocenters. The number of rotatable bonds is 1. The zero-order chi connectivity index (χ0) is 8.39. The molecular formula is C9H10ClNO. The summed E-state index contributed by atoms with van der Waals surface area (Å²) in [6.45, 7) is 1.51. The van der Waals surface area contributed by atoms with Gasteiger partial charge in [-0.05, 0) is 17.7 Å². The summed E-state index contributed by atoms with van der Waals surface area (Å²) in [5.41, 5.74) is 1.15. The fraction of sp³-hybridized carbons (Fsp3) is 0.333. The molecule has 64 valence electrons. The molecule has 12 heavy (non-hydrogen) atoms. The number of halogens is 1. The molecule has 2 rings (SSSR count). The van der Waals surface area contributed by atoms with Gasteiger partial charge in [0.25, 0.3) is 0 Å². The van der Waals surface area contributed by atoms with Crippen molar-refractivity contribution in [1.29, 1.82) is 0 Å². The minimum atomic E-state index is 0.170. The second-order valence-corrected chi connectivity index (χ2v) is 3.25. The first-order chi connectivity index (χ1) is 5.86. The van der Waals surface area contributed by atoms with Gasteiger partial charge < -0.3 is 4.74 Å². The third-order valence-corrected chi connectivity index (χ3v) is 2.17. The van der Waals surface area contributed by atoms with Crippen LogP contribution < -0.4 is 5.32 Å². The van der Waals surface area contributed by atoms with Crippen LogP contribution in [0.2, 0.25) is 5.02 Å². The van der Waals surface area contributed by atoms with Crippen molar-refractivity contribution < 1.29 is 4.74 Å². The number of nitrogens with one attached hydrogen (secondary N) is 1. The maximum atomic E-state index is 5.85. The largest absolute Gasteiger partial charge is 0.357 e. The molecule has 1 heterocycles. The smallest absolute Gasteiger partial charge is 0.0975 e. The Hall–Kier alpha value is -0.570. The van der Waals surface area contributed by atoms with Crippen molar-refractivity contribution in [1.82, 2.24) is 5.32 Å². The standard InChI is InChI=1S/C9H10ClNO/c10-8-3-1-2-7(4-8)9-5-11-6-12-9/h1-4,9,11H,5-6H2. The molecule has 0 saturated carbocycles. The summed E-state index contributed by atoms with van der Waals surface area (Å²) in [7, 11) is 0. The molecule has 0 bridgehead atoms. The van der Waals surface area contributed by atoms with Crippen LogP contribution in [0, 0.1) is 0 Å². The topological polar surface area (TPSA) is 21.3 Å². The van der Waals surface area contributed by atoms with E-state index in [9.17, 15) is 0 Å². The van der Waals surface area contributed by atoms with E-state index >= 15 is 0 Å². The van der Waals surface area contributed by atoms with Crippen LogP contribution in [0.5, 0.6) is 0 Å². The van der Waals surface area contributed by atoms with Crippen molar-refractivity contribution in [2.24, 2.45) is 0 Å². The lowest BCUT2D eigenvalue weighted by Gasteiger charge is -2.07. The van der Waals surface area contributed by atoms with E-state index in [1.54, 1.807) is 0 Å². The van der Waals surface area contributed by atoms with Gasteiger partial charge in [0.1, 0.15) is 0 Å². The summed E-state index contributed by atoms with van der Waals surface area (Å²) in [6, 6.07) is 7.79. The van der Waals surface area contributed by atoms with Crippen LogP contribution in [-0.4, -0.2) is 13.3 Å². The van der Waals surface area contributed by atoms with Crippen molar-refractivity contribution in [2.45, 2.75) is 6.10 Å². The van der Waals surface area contributed by atoms with Crippen molar-refractivity contribution in [3.8, 4) is 0 Å². The Kier molecular flexibility index (Phi) is 2.30. The van der Waals surface area contributed by atoms with Gasteiger partial charge in [0, 0.05) is 11.6 Å². The number of benzene rings is 1. The normalized spacial score (nSPS) is 22.9. The zero-order valence-corrected chi connectivity index (χ0v) is 7.34. The monoisotopic (exact) mass is 183 g/mol. The minimum absolute atomic E-state index is 0.170. The third-order valence-electron chi connectivity index (χ3n) is 1.94. The van der Waals surface area contributed by atoms with E-state index < -0.39 is 0 Å². The average Bonchev–Trinajstić information content (AvgIpc) is 2.56. The first kappa shape index (κ1) is 8.05. The molecule has 1 fully saturated rings. The van der Waals surface area contributed by atoms with Gasteiger partial charge in [-0.3, -0.25) is 5.32 Å². The molecule has 0 amide bonds. The Bertz CT molecular complexity index is 271. The molecule has 1 saturated heterocycles. The highest BCUT2D eigenvalue weighted by molar-refractivity contribution is 6.30. The predicted molar refractivity (Wildman–Crippen MR) is 48.1 cm³/mol. The average molecular weight is 184 g/mol. The van der Waals surface area contributed by atoms with E-state index in [4.69, 9.17) is 16.3 Å². The van der Waals surface area contributed by atoms with Gasteiger partial charge in [0.15, 0.2) is 0 Å². The summed E-state index contributed by atoms with van der Waals surface area (Å²) in [6.07, 6.45) is 0.170. The van der Waals surface area contributed by atoms with Crippen LogP contribution in [-0.2, 0) is 4.74 Å². The Morgan fingerprint density at radius 3 is 3.08 bits per heavy atom. The molecule has 1 unspecified atom stereocenters. The Balaban J connectivity index is 2.21. The van der Waals surface area contributed by atoms with E-state index in [1.165, 1.54) is 0 Å². The molecule has 0 radical (unpaired) electrons. The molecule has 1 aliphatic rings. The van der Waals surface area contributed by atoms with Gasteiger partial charge in [0.2, 0.25) is 0 Å². The van der Waals surface area contributed by atoms with E-state index in [0.29, 0.717) is 6.73 Å². The molecule has 1 N–H and O–H groups in total. The van der Waals surface area contributed by atoms with Crippen molar-refractivity contribution in [3.63, 3.8) is 0 Å². The summed E-state index contributed by atoms with van der Waals surface area (Å²) in [5.74, 6) is 0. The maximum Gasteiger partial charge on any atom is 0.0975 e. The minimum Gasteiger partial charge on any atom is -0.357 e. The van der Waals surface area contributed by atoms with E-state index in [1.807, 2.05) is 24.3 Å². The van der Waals surface area contributed by atoms with E-state index in [0.717, 1.165) is 17.1 Å². The van der Waals surface area contributed by atoms with Crippen LogP contribution in [0.4, 0.5) is 0 Å². The summed E-state index contributed by atoms with van der Waals surface area (Å²) in [5, 5.41) is 3.89. The molecule has 1 aromatic rings. The molecular weight excluding hydrogens is 174 g/mol. The molecule has 0 aliphatic carbocycles. The Morgan fingerprint density at radius 1 is 1.50 bits per heavy atom. The molecule has 1 aliphatic heterocycles. The number of ether oxygens (including phenoxy) is 1. The number of hydrogen-bond donors (Lipinski definition) is 1. The van der Waals surface area contributed by atoms with Gasteiger partial charge in [-0.15, -0.1) is 0 Å². The summed E-state index contributed by atoms with van der Waals surface area (Å²) in [4.78, 5) is 0. The van der Waals surface area contributed by atoms with Crippen LogP contribution in [0.15, 0.2) is 24.3 Å². The van der Waals surface area contributed by atoms with Crippen molar-refractivity contribution >= 4 is 11.6 Å².